The Morgan fingerprint density at radius 1 is 1.41 bits per heavy atom. The number of furan rings is 1. The van der Waals surface area contributed by atoms with E-state index in [1.165, 1.54) is 0 Å². The highest BCUT2D eigenvalue weighted by atomic mass is 16.3. The molecule has 0 saturated heterocycles. The van der Waals surface area contributed by atoms with Crippen LogP contribution in [-0.4, -0.2) is 7.05 Å². The summed E-state index contributed by atoms with van der Waals surface area (Å²) in [7, 11) is 1.91. The van der Waals surface area contributed by atoms with Gasteiger partial charge in [0.05, 0.1) is 23.8 Å². The average Bonchev–Trinajstić information content (AvgIpc) is 3.05. The maximum atomic E-state index is 9.31. The fourth-order valence-corrected chi connectivity index (χ4v) is 2.55. The van der Waals surface area contributed by atoms with Crippen LogP contribution < -0.4 is 5.32 Å². The first-order chi connectivity index (χ1) is 8.30. The van der Waals surface area contributed by atoms with Crippen molar-refractivity contribution in [2.75, 3.05) is 7.05 Å². The molecule has 0 spiro atoms. The number of benzene rings is 1. The molecule has 1 fully saturated rings. The highest BCUT2D eigenvalue weighted by molar-refractivity contribution is 5.81. The Morgan fingerprint density at radius 2 is 2.18 bits per heavy atom. The van der Waals surface area contributed by atoms with E-state index in [-0.39, 0.29) is 11.5 Å². The number of fused-ring (bicyclic) bond motifs is 1. The molecule has 1 aromatic carbocycles. The van der Waals surface area contributed by atoms with Crippen LogP contribution in [0, 0.1) is 16.7 Å². The molecular formula is C14H14N2O. The number of hydrogen-bond acceptors (Lipinski definition) is 3. The first-order valence-corrected chi connectivity index (χ1v) is 5.85. The number of para-hydroxylation sites is 1. The monoisotopic (exact) mass is 226 g/mol. The van der Waals surface area contributed by atoms with Crippen LogP contribution in [0.3, 0.4) is 0 Å². The molecule has 1 saturated carbocycles. The minimum Gasteiger partial charge on any atom is -0.464 e. The molecule has 0 radical (unpaired) electrons. The summed E-state index contributed by atoms with van der Waals surface area (Å²) in [6, 6.07) is 10.5. The second kappa shape index (κ2) is 3.61. The van der Waals surface area contributed by atoms with E-state index in [1.54, 1.807) is 6.26 Å². The van der Waals surface area contributed by atoms with Crippen molar-refractivity contribution >= 4 is 11.0 Å². The zero-order valence-corrected chi connectivity index (χ0v) is 9.73. The summed E-state index contributed by atoms with van der Waals surface area (Å²) in [6.45, 7) is 0. The van der Waals surface area contributed by atoms with Crippen molar-refractivity contribution in [2.24, 2.45) is 5.41 Å². The lowest BCUT2D eigenvalue weighted by Crippen LogP contribution is -2.25. The fourth-order valence-electron chi connectivity index (χ4n) is 2.55. The van der Waals surface area contributed by atoms with Gasteiger partial charge in [-0.05, 0) is 26.0 Å². The summed E-state index contributed by atoms with van der Waals surface area (Å²) in [5.41, 5.74) is 1.75. The van der Waals surface area contributed by atoms with Crippen molar-refractivity contribution in [1.29, 1.82) is 5.26 Å². The van der Waals surface area contributed by atoms with Crippen LogP contribution in [0.2, 0.25) is 0 Å². The van der Waals surface area contributed by atoms with Crippen LogP contribution in [0.25, 0.3) is 11.0 Å². The molecule has 1 atom stereocenters. The lowest BCUT2D eigenvalue weighted by atomic mass is 9.91. The van der Waals surface area contributed by atoms with E-state index in [0.717, 1.165) is 29.4 Å². The SMILES string of the molecule is CNC(c1coc2ccccc12)C1(C#N)CC1. The lowest BCUT2D eigenvalue weighted by molar-refractivity contribution is 0.440. The Labute approximate surface area is 100 Å². The molecule has 86 valence electrons. The highest BCUT2D eigenvalue weighted by Crippen LogP contribution is 2.55. The summed E-state index contributed by atoms with van der Waals surface area (Å²) in [4.78, 5) is 0. The third kappa shape index (κ3) is 1.45. The van der Waals surface area contributed by atoms with E-state index in [0.29, 0.717) is 0 Å². The van der Waals surface area contributed by atoms with Crippen LogP contribution >= 0.6 is 0 Å². The number of nitrogens with one attached hydrogen (secondary N) is 1. The Bertz CT molecular complexity index is 590. The maximum Gasteiger partial charge on any atom is 0.134 e. The molecule has 3 nitrogen and oxygen atoms in total. The van der Waals surface area contributed by atoms with Gasteiger partial charge in [0.15, 0.2) is 0 Å². The molecule has 1 unspecified atom stereocenters. The second-order valence-electron chi connectivity index (χ2n) is 4.68. The number of hydrogen-bond donors (Lipinski definition) is 1. The van der Waals surface area contributed by atoms with Gasteiger partial charge in [0.25, 0.3) is 0 Å². The third-order valence-corrected chi connectivity index (χ3v) is 3.67. The predicted octanol–water partition coefficient (Wildman–Crippen LogP) is 3.00. The molecule has 1 aliphatic rings. The third-order valence-electron chi connectivity index (χ3n) is 3.67. The molecular weight excluding hydrogens is 212 g/mol. The molecule has 0 bridgehead atoms. The minimum atomic E-state index is -0.235. The van der Waals surface area contributed by atoms with Crippen LogP contribution in [0.1, 0.15) is 24.4 Å². The van der Waals surface area contributed by atoms with Gasteiger partial charge in [0.1, 0.15) is 5.58 Å². The smallest absolute Gasteiger partial charge is 0.134 e. The van der Waals surface area contributed by atoms with E-state index in [9.17, 15) is 5.26 Å². The molecule has 1 N–H and O–H groups in total. The number of nitriles is 1. The zero-order valence-electron chi connectivity index (χ0n) is 9.73. The van der Waals surface area contributed by atoms with Gasteiger partial charge in [-0.25, -0.2) is 0 Å². The topological polar surface area (TPSA) is 49.0 Å². The van der Waals surface area contributed by atoms with Crippen molar-refractivity contribution in [3.63, 3.8) is 0 Å². The van der Waals surface area contributed by atoms with Gasteiger partial charge in [-0.3, -0.25) is 0 Å². The summed E-state index contributed by atoms with van der Waals surface area (Å²) in [5.74, 6) is 0. The average molecular weight is 226 g/mol. The molecule has 1 heterocycles. The van der Waals surface area contributed by atoms with E-state index in [1.807, 2.05) is 31.3 Å². The van der Waals surface area contributed by atoms with Crippen LogP contribution in [0.15, 0.2) is 34.9 Å². The van der Waals surface area contributed by atoms with Crippen molar-refractivity contribution in [3.05, 3.63) is 36.1 Å². The van der Waals surface area contributed by atoms with Gasteiger partial charge in [-0.1, -0.05) is 18.2 Å². The predicted molar refractivity (Wildman–Crippen MR) is 65.3 cm³/mol. The van der Waals surface area contributed by atoms with Gasteiger partial charge in [0, 0.05) is 10.9 Å². The van der Waals surface area contributed by atoms with Gasteiger partial charge < -0.3 is 9.73 Å². The highest BCUT2D eigenvalue weighted by Gasteiger charge is 2.51. The summed E-state index contributed by atoms with van der Waals surface area (Å²) in [6.07, 6.45) is 3.71. The number of nitrogens with zero attached hydrogens (tertiary/aromatic N) is 1. The minimum absolute atomic E-state index is 0.0659. The van der Waals surface area contributed by atoms with Crippen molar-refractivity contribution in [3.8, 4) is 6.07 Å². The molecule has 17 heavy (non-hydrogen) atoms. The van der Waals surface area contributed by atoms with E-state index in [4.69, 9.17) is 4.42 Å². The molecule has 0 aliphatic heterocycles. The van der Waals surface area contributed by atoms with Crippen LogP contribution in [0.4, 0.5) is 0 Å². The van der Waals surface area contributed by atoms with Gasteiger partial charge in [-0.15, -0.1) is 0 Å². The zero-order chi connectivity index (χ0) is 11.9. The molecule has 1 aliphatic carbocycles. The van der Waals surface area contributed by atoms with Gasteiger partial charge >= 0.3 is 0 Å². The van der Waals surface area contributed by atoms with E-state index >= 15 is 0 Å². The molecule has 3 rings (SSSR count). The molecule has 3 heteroatoms. The molecule has 1 aromatic heterocycles. The fraction of sp³-hybridized carbons (Fsp3) is 0.357. The molecule has 2 aromatic rings. The van der Waals surface area contributed by atoms with Gasteiger partial charge in [-0.2, -0.15) is 5.26 Å². The Hall–Kier alpha value is -1.79. The largest absolute Gasteiger partial charge is 0.464 e. The summed E-state index contributed by atoms with van der Waals surface area (Å²) >= 11 is 0. The second-order valence-corrected chi connectivity index (χ2v) is 4.68. The van der Waals surface area contributed by atoms with E-state index < -0.39 is 0 Å². The lowest BCUT2D eigenvalue weighted by Gasteiger charge is -2.19. The number of rotatable bonds is 3. The van der Waals surface area contributed by atoms with Crippen LogP contribution in [0.5, 0.6) is 0 Å². The van der Waals surface area contributed by atoms with Gasteiger partial charge in [0.2, 0.25) is 0 Å². The Kier molecular flexibility index (Phi) is 2.20. The Morgan fingerprint density at radius 3 is 2.82 bits per heavy atom. The van der Waals surface area contributed by atoms with Crippen molar-refractivity contribution in [1.82, 2.24) is 5.32 Å². The maximum absolute atomic E-state index is 9.31. The Balaban J connectivity index is 2.11. The standard InChI is InChI=1S/C14H14N2O/c1-16-13(14(9-15)6-7-14)11-8-17-12-5-3-2-4-10(11)12/h2-5,8,13,16H,6-7H2,1H3. The molecule has 0 amide bonds. The first-order valence-electron chi connectivity index (χ1n) is 5.85. The van der Waals surface area contributed by atoms with Crippen molar-refractivity contribution in [2.45, 2.75) is 18.9 Å². The normalized spacial score (nSPS) is 18.8. The first kappa shape index (κ1) is 10.4. The summed E-state index contributed by atoms with van der Waals surface area (Å²) < 4.78 is 5.55. The van der Waals surface area contributed by atoms with Crippen LogP contribution in [-0.2, 0) is 0 Å². The van der Waals surface area contributed by atoms with Crippen molar-refractivity contribution < 1.29 is 4.42 Å². The van der Waals surface area contributed by atoms with E-state index in [2.05, 4.69) is 11.4 Å². The quantitative estimate of drug-likeness (QED) is 0.875. The summed E-state index contributed by atoms with van der Waals surface area (Å²) in [5, 5.41) is 13.7.